The van der Waals surface area contributed by atoms with Crippen LogP contribution < -0.4 is 15.6 Å². The van der Waals surface area contributed by atoms with Crippen LogP contribution in [0, 0.1) is 0 Å². The lowest BCUT2D eigenvalue weighted by molar-refractivity contribution is -0.138. The molecule has 0 fully saturated rings. The summed E-state index contributed by atoms with van der Waals surface area (Å²) in [5.41, 5.74) is -3.13. The molecule has 0 aromatic carbocycles. The van der Waals surface area contributed by atoms with Crippen LogP contribution in [-0.2, 0) is 6.18 Å². The predicted octanol–water partition coefficient (Wildman–Crippen LogP) is 2.83. The molecule has 0 radical (unpaired) electrons. The molecule has 0 spiro atoms. The molecule has 0 atom stereocenters. The molecular formula is C15H14F3N3O3. The molecule has 9 heteroatoms. The van der Waals surface area contributed by atoms with E-state index < -0.39 is 23.2 Å². The van der Waals surface area contributed by atoms with Gasteiger partial charge in [-0.15, -0.1) is 0 Å². The summed E-state index contributed by atoms with van der Waals surface area (Å²) in [7, 11) is 0. The van der Waals surface area contributed by atoms with Crippen LogP contribution in [0.25, 0.3) is 0 Å². The number of H-pyrrole nitrogens is 1. The first-order valence-corrected chi connectivity index (χ1v) is 6.91. The summed E-state index contributed by atoms with van der Waals surface area (Å²) in [5, 5.41) is 2.37. The fraction of sp³-hybridized carbons (Fsp3) is 0.267. The molecule has 2 aromatic heterocycles. The Kier molecular flexibility index (Phi) is 4.91. The van der Waals surface area contributed by atoms with Crippen molar-refractivity contribution in [1.29, 1.82) is 0 Å². The van der Waals surface area contributed by atoms with E-state index in [0.717, 1.165) is 6.20 Å². The second kappa shape index (κ2) is 6.73. The number of alkyl halides is 3. The number of aromatic amines is 1. The topological polar surface area (TPSA) is 84.1 Å². The molecule has 2 rings (SSSR count). The van der Waals surface area contributed by atoms with Gasteiger partial charge in [-0.2, -0.15) is 13.2 Å². The molecule has 0 aliphatic carbocycles. The number of hydrogen-bond donors (Lipinski definition) is 2. The van der Waals surface area contributed by atoms with E-state index in [-0.39, 0.29) is 23.2 Å². The Balaban J connectivity index is 2.30. The quantitative estimate of drug-likeness (QED) is 0.896. The Morgan fingerprint density at radius 2 is 2.08 bits per heavy atom. The van der Waals surface area contributed by atoms with Crippen LogP contribution in [0.15, 0.2) is 35.4 Å². The minimum atomic E-state index is -4.86. The third kappa shape index (κ3) is 4.12. The van der Waals surface area contributed by atoms with Gasteiger partial charge in [-0.3, -0.25) is 9.59 Å². The number of ether oxygens (including phenoxy) is 1. The van der Waals surface area contributed by atoms with E-state index in [0.29, 0.717) is 6.07 Å². The first-order chi connectivity index (χ1) is 11.2. The van der Waals surface area contributed by atoms with Crippen molar-refractivity contribution < 1.29 is 22.7 Å². The van der Waals surface area contributed by atoms with Crippen LogP contribution in [0.5, 0.6) is 5.75 Å². The maximum Gasteiger partial charge on any atom is 0.421 e. The van der Waals surface area contributed by atoms with E-state index in [1.807, 2.05) is 4.98 Å². The molecule has 2 heterocycles. The molecule has 24 heavy (non-hydrogen) atoms. The summed E-state index contributed by atoms with van der Waals surface area (Å²) in [6.45, 7) is 3.55. The number of hydrogen-bond acceptors (Lipinski definition) is 4. The SMILES string of the molecule is CC(C)Oc1cccnc1NC(=O)c1c[nH]c(=O)c(C(F)(F)F)c1. The summed E-state index contributed by atoms with van der Waals surface area (Å²) in [5.74, 6) is -0.513. The highest BCUT2D eigenvalue weighted by molar-refractivity contribution is 6.04. The number of nitrogens with one attached hydrogen (secondary N) is 2. The van der Waals surface area contributed by atoms with Crippen molar-refractivity contribution in [3.8, 4) is 5.75 Å². The van der Waals surface area contributed by atoms with Gasteiger partial charge in [0.1, 0.15) is 5.56 Å². The van der Waals surface area contributed by atoms with Crippen molar-refractivity contribution in [3.63, 3.8) is 0 Å². The van der Waals surface area contributed by atoms with Crippen molar-refractivity contribution in [3.05, 3.63) is 52.1 Å². The third-order valence-electron chi connectivity index (χ3n) is 2.84. The van der Waals surface area contributed by atoms with Crippen molar-refractivity contribution in [1.82, 2.24) is 9.97 Å². The summed E-state index contributed by atoms with van der Waals surface area (Å²) in [6, 6.07) is 3.64. The molecule has 1 amide bonds. The zero-order chi connectivity index (χ0) is 17.9. The van der Waals surface area contributed by atoms with Crippen molar-refractivity contribution in [2.24, 2.45) is 0 Å². The monoisotopic (exact) mass is 341 g/mol. The lowest BCUT2D eigenvalue weighted by Crippen LogP contribution is -2.24. The fourth-order valence-electron chi connectivity index (χ4n) is 1.84. The first-order valence-electron chi connectivity index (χ1n) is 6.91. The Morgan fingerprint density at radius 1 is 1.38 bits per heavy atom. The van der Waals surface area contributed by atoms with Gasteiger partial charge in [0.2, 0.25) is 0 Å². The highest BCUT2D eigenvalue weighted by Crippen LogP contribution is 2.27. The second-order valence-corrected chi connectivity index (χ2v) is 5.10. The zero-order valence-corrected chi connectivity index (χ0v) is 12.8. The molecule has 0 bridgehead atoms. The van der Waals surface area contributed by atoms with E-state index in [4.69, 9.17) is 4.74 Å². The zero-order valence-electron chi connectivity index (χ0n) is 12.8. The highest BCUT2D eigenvalue weighted by atomic mass is 19.4. The average molecular weight is 341 g/mol. The number of nitrogens with zero attached hydrogens (tertiary/aromatic N) is 1. The van der Waals surface area contributed by atoms with Crippen LogP contribution in [-0.4, -0.2) is 22.0 Å². The summed E-state index contributed by atoms with van der Waals surface area (Å²) in [4.78, 5) is 29.2. The van der Waals surface area contributed by atoms with Gasteiger partial charge >= 0.3 is 6.18 Å². The number of amides is 1. The maximum absolute atomic E-state index is 12.7. The van der Waals surface area contributed by atoms with Crippen molar-refractivity contribution in [2.45, 2.75) is 26.1 Å². The summed E-state index contributed by atoms with van der Waals surface area (Å²) >= 11 is 0. The molecule has 6 nitrogen and oxygen atoms in total. The van der Waals surface area contributed by atoms with Crippen molar-refractivity contribution >= 4 is 11.7 Å². The number of rotatable bonds is 4. The van der Waals surface area contributed by atoms with Crippen LogP contribution in [0.1, 0.15) is 29.8 Å². The molecule has 0 unspecified atom stereocenters. The lowest BCUT2D eigenvalue weighted by Gasteiger charge is -2.14. The van der Waals surface area contributed by atoms with Crippen molar-refractivity contribution in [2.75, 3.05) is 5.32 Å². The highest BCUT2D eigenvalue weighted by Gasteiger charge is 2.34. The molecule has 0 saturated carbocycles. The Morgan fingerprint density at radius 3 is 2.71 bits per heavy atom. The largest absolute Gasteiger partial charge is 0.487 e. The van der Waals surface area contributed by atoms with Gasteiger partial charge in [-0.25, -0.2) is 4.98 Å². The standard InChI is InChI=1S/C15H14F3N3O3/c1-8(2)24-11-4-3-5-19-12(11)21-13(22)9-6-10(15(16,17)18)14(23)20-7-9/h3-8H,1-2H3,(H,20,23)(H,19,21,22). The fourth-order valence-corrected chi connectivity index (χ4v) is 1.84. The number of aromatic nitrogens is 2. The average Bonchev–Trinajstić information content (AvgIpc) is 2.48. The normalized spacial score (nSPS) is 11.4. The molecule has 2 aromatic rings. The molecule has 0 saturated heterocycles. The molecular weight excluding hydrogens is 327 g/mol. The predicted molar refractivity (Wildman–Crippen MR) is 80.0 cm³/mol. The van der Waals surface area contributed by atoms with E-state index in [1.54, 1.807) is 26.0 Å². The summed E-state index contributed by atoms with van der Waals surface area (Å²) < 4.78 is 43.7. The van der Waals surface area contributed by atoms with Gasteiger partial charge in [-0.05, 0) is 32.0 Å². The smallest absolute Gasteiger partial charge is 0.421 e. The second-order valence-electron chi connectivity index (χ2n) is 5.10. The van der Waals surface area contributed by atoms with E-state index in [2.05, 4.69) is 10.3 Å². The van der Waals surface area contributed by atoms with E-state index in [1.165, 1.54) is 6.20 Å². The number of anilines is 1. The molecule has 0 aliphatic heterocycles. The number of carbonyl (C=O) groups excluding carboxylic acids is 1. The van der Waals surface area contributed by atoms with Gasteiger partial charge in [-0.1, -0.05) is 0 Å². The number of halogens is 3. The Bertz CT molecular complexity index is 800. The molecule has 0 aliphatic rings. The van der Waals surface area contributed by atoms with Crippen LogP contribution in [0.3, 0.4) is 0 Å². The number of carbonyl (C=O) groups is 1. The Hall–Kier alpha value is -2.84. The van der Waals surface area contributed by atoms with Gasteiger partial charge in [0.05, 0.1) is 11.7 Å². The number of pyridine rings is 2. The summed E-state index contributed by atoms with van der Waals surface area (Å²) in [6.07, 6.45) is -2.74. The van der Waals surface area contributed by atoms with Gasteiger partial charge < -0.3 is 15.0 Å². The molecule has 128 valence electrons. The van der Waals surface area contributed by atoms with Gasteiger partial charge in [0.15, 0.2) is 11.6 Å². The maximum atomic E-state index is 12.7. The minimum absolute atomic E-state index is 0.0657. The minimum Gasteiger partial charge on any atom is -0.487 e. The lowest BCUT2D eigenvalue weighted by atomic mass is 10.2. The van der Waals surface area contributed by atoms with Crippen LogP contribution in [0.4, 0.5) is 19.0 Å². The third-order valence-corrected chi connectivity index (χ3v) is 2.84. The molecule has 2 N–H and O–H groups in total. The van der Waals surface area contributed by atoms with E-state index in [9.17, 15) is 22.8 Å². The first kappa shape index (κ1) is 17.5. The van der Waals surface area contributed by atoms with E-state index >= 15 is 0 Å². The van der Waals surface area contributed by atoms with Crippen LogP contribution >= 0.6 is 0 Å². The van der Waals surface area contributed by atoms with Gasteiger partial charge in [0.25, 0.3) is 11.5 Å². The van der Waals surface area contributed by atoms with Gasteiger partial charge in [0, 0.05) is 12.4 Å². The Labute approximate surface area is 134 Å². The van der Waals surface area contributed by atoms with Crippen LogP contribution in [0.2, 0.25) is 0 Å².